The molecule has 3 aliphatic rings. The third-order valence-corrected chi connectivity index (χ3v) is 8.43. The molecule has 0 fully saturated rings. The lowest BCUT2D eigenvalue weighted by Crippen LogP contribution is -2.08. The summed E-state index contributed by atoms with van der Waals surface area (Å²) in [5.41, 5.74) is 18.5. The van der Waals surface area contributed by atoms with E-state index in [0.717, 1.165) is 19.3 Å². The second-order valence-electron chi connectivity index (χ2n) is 10.1. The number of benzene rings is 5. The maximum absolute atomic E-state index is 2.57. The fourth-order valence-electron chi connectivity index (χ4n) is 7.03. The molecule has 0 saturated heterocycles. The molecule has 0 amide bonds. The van der Waals surface area contributed by atoms with Crippen LogP contribution < -0.4 is 0 Å². The highest BCUT2D eigenvalue weighted by molar-refractivity contribution is 6.15. The third-order valence-electron chi connectivity index (χ3n) is 8.43. The summed E-state index contributed by atoms with van der Waals surface area (Å²) in [6, 6.07) is 34.5. The van der Waals surface area contributed by atoms with Crippen LogP contribution in [0.15, 0.2) is 91.0 Å². The summed E-state index contributed by atoms with van der Waals surface area (Å²) in [4.78, 5) is 0. The van der Waals surface area contributed by atoms with Crippen LogP contribution in [0.4, 0.5) is 0 Å². The Bertz CT molecular complexity index is 1880. The molecule has 34 heavy (non-hydrogen) atoms. The van der Waals surface area contributed by atoms with Gasteiger partial charge in [0.15, 0.2) is 0 Å². The predicted molar refractivity (Wildman–Crippen MR) is 140 cm³/mol. The van der Waals surface area contributed by atoms with Gasteiger partial charge in [0.25, 0.3) is 0 Å². The van der Waals surface area contributed by atoms with E-state index >= 15 is 0 Å². The van der Waals surface area contributed by atoms with Crippen LogP contribution in [0, 0.1) is 0 Å². The summed E-state index contributed by atoms with van der Waals surface area (Å²) in [6.45, 7) is 0. The number of nitrogens with zero attached hydrogens (tertiary/aromatic N) is 1. The van der Waals surface area contributed by atoms with Crippen molar-refractivity contribution in [1.29, 1.82) is 0 Å². The van der Waals surface area contributed by atoms with E-state index in [1.165, 1.54) is 83.1 Å². The lowest BCUT2D eigenvalue weighted by molar-refractivity contribution is 1.04. The number of rotatable bonds is 0. The van der Waals surface area contributed by atoms with Crippen molar-refractivity contribution < 1.29 is 0 Å². The Morgan fingerprint density at radius 3 is 2.12 bits per heavy atom. The molecule has 2 aliphatic carbocycles. The summed E-state index contributed by atoms with van der Waals surface area (Å²) in [7, 11) is 0. The molecule has 0 bridgehead atoms. The van der Waals surface area contributed by atoms with Crippen molar-refractivity contribution in [2.75, 3.05) is 0 Å². The molecule has 158 valence electrons. The van der Waals surface area contributed by atoms with E-state index in [9.17, 15) is 0 Å². The molecule has 6 aromatic rings. The van der Waals surface area contributed by atoms with E-state index in [-0.39, 0.29) is 0 Å². The first-order chi connectivity index (χ1) is 16.8. The molecule has 1 aliphatic heterocycles. The van der Waals surface area contributed by atoms with Crippen molar-refractivity contribution in [3.8, 4) is 27.9 Å². The van der Waals surface area contributed by atoms with Crippen LogP contribution in [0.25, 0.3) is 49.7 Å². The zero-order valence-electron chi connectivity index (χ0n) is 18.7. The first-order valence-electron chi connectivity index (χ1n) is 12.3. The fraction of sp³-hybridized carbons (Fsp3) is 0.0909. The minimum absolute atomic E-state index is 1.01. The molecule has 0 spiro atoms. The molecule has 1 aromatic heterocycles. The van der Waals surface area contributed by atoms with E-state index in [4.69, 9.17) is 0 Å². The zero-order valence-corrected chi connectivity index (χ0v) is 18.7. The Morgan fingerprint density at radius 1 is 0.500 bits per heavy atom. The summed E-state index contributed by atoms with van der Waals surface area (Å²) in [5, 5.41) is 2.85. The van der Waals surface area contributed by atoms with Crippen molar-refractivity contribution in [1.82, 2.24) is 4.57 Å². The van der Waals surface area contributed by atoms with Gasteiger partial charge in [0.2, 0.25) is 0 Å². The molecule has 1 nitrogen and oxygen atoms in total. The lowest BCUT2D eigenvalue weighted by Gasteiger charge is -2.22. The predicted octanol–water partition coefficient (Wildman–Crippen LogP) is 7.83. The maximum Gasteiger partial charge on any atom is 0.0576 e. The van der Waals surface area contributed by atoms with Gasteiger partial charge in [-0.15, -0.1) is 0 Å². The summed E-state index contributed by atoms with van der Waals surface area (Å²) in [5.74, 6) is 0. The molecule has 0 saturated carbocycles. The molecule has 0 unspecified atom stereocenters. The number of aromatic nitrogens is 1. The minimum atomic E-state index is 1.01. The number of hydrogen-bond donors (Lipinski definition) is 0. The summed E-state index contributed by atoms with van der Waals surface area (Å²) < 4.78 is 2.57. The van der Waals surface area contributed by atoms with Gasteiger partial charge in [-0.3, -0.25) is 0 Å². The molecule has 0 radical (unpaired) electrons. The monoisotopic (exact) mass is 431 g/mol. The summed E-state index contributed by atoms with van der Waals surface area (Å²) in [6.07, 6.45) is 3.08. The molecule has 0 N–H and O–H groups in total. The Hall–Kier alpha value is -4.10. The average molecular weight is 432 g/mol. The van der Waals surface area contributed by atoms with E-state index in [1.54, 1.807) is 0 Å². The van der Waals surface area contributed by atoms with Gasteiger partial charge >= 0.3 is 0 Å². The van der Waals surface area contributed by atoms with Crippen molar-refractivity contribution in [2.24, 2.45) is 0 Å². The van der Waals surface area contributed by atoms with Gasteiger partial charge in [-0.05, 0) is 80.6 Å². The van der Waals surface area contributed by atoms with E-state index in [0.29, 0.717) is 0 Å². The largest absolute Gasteiger partial charge is 0.309 e. The van der Waals surface area contributed by atoms with E-state index in [1.807, 2.05) is 0 Å². The Kier molecular flexibility index (Phi) is 3.00. The van der Waals surface area contributed by atoms with Crippen LogP contribution in [-0.2, 0) is 19.3 Å². The third kappa shape index (κ3) is 1.98. The van der Waals surface area contributed by atoms with Crippen LogP contribution >= 0.6 is 0 Å². The fourth-order valence-corrected chi connectivity index (χ4v) is 7.03. The molecular weight excluding hydrogens is 410 g/mol. The van der Waals surface area contributed by atoms with Crippen molar-refractivity contribution in [3.63, 3.8) is 0 Å². The van der Waals surface area contributed by atoms with Crippen molar-refractivity contribution in [3.05, 3.63) is 124 Å². The average Bonchev–Trinajstić information content (AvgIpc) is 3.53. The number of hydrogen-bond acceptors (Lipinski definition) is 0. The van der Waals surface area contributed by atoms with Gasteiger partial charge in [-0.25, -0.2) is 0 Å². The molecule has 5 aromatic carbocycles. The first kappa shape index (κ1) is 17.4. The zero-order chi connectivity index (χ0) is 22.0. The highest BCUT2D eigenvalue weighted by atomic mass is 15.0. The second kappa shape index (κ2) is 5.87. The smallest absolute Gasteiger partial charge is 0.0576 e. The topological polar surface area (TPSA) is 4.93 Å². The van der Waals surface area contributed by atoms with E-state index < -0.39 is 0 Å². The highest BCUT2D eigenvalue weighted by Crippen LogP contribution is 2.48. The normalized spacial score (nSPS) is 14.1. The Labute approximate surface area is 197 Å². The van der Waals surface area contributed by atoms with Gasteiger partial charge in [-0.2, -0.15) is 0 Å². The number of fused-ring (bicyclic) bond motifs is 12. The molecular formula is C33H21N. The summed E-state index contributed by atoms with van der Waals surface area (Å²) >= 11 is 0. The van der Waals surface area contributed by atoms with E-state index in [2.05, 4.69) is 95.6 Å². The standard InChI is InChI=1S/C33H21N/c1-4-10-25-19(6-1)14-22-16-23-15-21-8-5-11-27-32-29-17-20-7-2-3-9-24(20)26(29)12-13-30(32)34(33(21)27)31(23)18-28(22)25/h1-13,16,18H,14-15,17H2. The SMILES string of the molecule is c1ccc2c(c1)Cc1cc3c(cc1-2)-n1c2ccc4c(c2c2cccc(c21)C3)Cc1ccccc1-4. The van der Waals surface area contributed by atoms with Crippen LogP contribution in [0.2, 0.25) is 0 Å². The van der Waals surface area contributed by atoms with Gasteiger partial charge in [-0.1, -0.05) is 78.9 Å². The van der Waals surface area contributed by atoms with Gasteiger partial charge in [0, 0.05) is 17.2 Å². The van der Waals surface area contributed by atoms with Crippen LogP contribution in [-0.4, -0.2) is 4.57 Å². The van der Waals surface area contributed by atoms with Gasteiger partial charge in [0.05, 0.1) is 16.7 Å². The highest BCUT2D eigenvalue weighted by Gasteiger charge is 2.29. The van der Waals surface area contributed by atoms with Gasteiger partial charge < -0.3 is 4.57 Å². The minimum Gasteiger partial charge on any atom is -0.309 e. The molecule has 1 heteroatoms. The molecule has 2 heterocycles. The quantitative estimate of drug-likeness (QED) is 0.231. The van der Waals surface area contributed by atoms with Crippen LogP contribution in [0.3, 0.4) is 0 Å². The van der Waals surface area contributed by atoms with Gasteiger partial charge in [0.1, 0.15) is 0 Å². The maximum atomic E-state index is 2.57. The van der Waals surface area contributed by atoms with Crippen molar-refractivity contribution >= 4 is 21.8 Å². The Morgan fingerprint density at radius 2 is 1.24 bits per heavy atom. The molecule has 0 atom stereocenters. The lowest BCUT2D eigenvalue weighted by atomic mass is 9.93. The van der Waals surface area contributed by atoms with Crippen LogP contribution in [0.1, 0.15) is 33.4 Å². The number of para-hydroxylation sites is 1. The molecule has 9 rings (SSSR count). The van der Waals surface area contributed by atoms with Crippen LogP contribution in [0.5, 0.6) is 0 Å². The second-order valence-corrected chi connectivity index (χ2v) is 10.1. The Balaban J connectivity index is 1.40. The van der Waals surface area contributed by atoms with Crippen molar-refractivity contribution in [2.45, 2.75) is 19.3 Å². The first-order valence-corrected chi connectivity index (χ1v) is 12.3.